The number of aliphatic imine (C=N–C) groups is 1. The molecule has 0 N–H and O–H groups in total. The predicted molar refractivity (Wildman–Crippen MR) is 425 cm³/mol. The van der Waals surface area contributed by atoms with Crippen molar-refractivity contribution in [1.29, 1.82) is 0 Å². The van der Waals surface area contributed by atoms with Gasteiger partial charge in [-0.25, -0.2) is 33.3 Å². The van der Waals surface area contributed by atoms with Gasteiger partial charge in [0.1, 0.15) is 43.0 Å². The van der Waals surface area contributed by atoms with Gasteiger partial charge in [-0.1, -0.05) is 113 Å². The molecule has 4 aromatic heterocycles. The Morgan fingerprint density at radius 3 is 1.54 bits per heavy atom. The first-order valence-corrected chi connectivity index (χ1v) is 52.9. The third-order valence-electron chi connectivity index (χ3n) is 19.0. The fraction of sp³-hybridized carbons (Fsp3) is 0.667. The minimum absolute atomic E-state index is 0.1000. The van der Waals surface area contributed by atoms with Gasteiger partial charge in [0.25, 0.3) is 6.21 Å². The summed E-state index contributed by atoms with van der Waals surface area (Å²) in [4.78, 5) is 46.7. The molecule has 4 aromatic rings. The van der Waals surface area contributed by atoms with E-state index in [-0.39, 0.29) is 55.2 Å². The van der Waals surface area contributed by atoms with Crippen LogP contribution in [0.2, 0.25) is 113 Å². The van der Waals surface area contributed by atoms with E-state index in [1.807, 2.05) is 49.4 Å². The minimum atomic E-state index is -1.59. The van der Waals surface area contributed by atoms with Crippen LogP contribution in [-0.2, 0) is 47.3 Å². The Kier molecular flexibility index (Phi) is 31.8. The molecule has 7 heterocycles. The second kappa shape index (κ2) is 38.1. The molecule has 0 radical (unpaired) electrons. The number of ether oxygens (including phenoxy) is 6. The monoisotopic (exact) mass is 1640 g/mol. The van der Waals surface area contributed by atoms with Crippen LogP contribution in [0.5, 0.6) is 0 Å². The van der Waals surface area contributed by atoms with E-state index in [0.717, 1.165) is 98.9 Å². The number of rotatable bonds is 32. The number of hydrazone groups is 1. The molecule has 30 heteroatoms. The number of esters is 2. The Labute approximate surface area is 633 Å². The quantitative estimate of drug-likeness (QED) is 0.00850. The van der Waals surface area contributed by atoms with Crippen molar-refractivity contribution in [3.63, 3.8) is 0 Å². The topological polar surface area (TPSA) is 198 Å². The van der Waals surface area contributed by atoms with Crippen molar-refractivity contribution in [3.05, 3.63) is 86.2 Å². The average molecular weight is 1640 g/mol. The maximum Gasteiger partial charge on any atom is 0.496 e. The zero-order valence-corrected chi connectivity index (χ0v) is 71.4. The molecule has 0 amide bonds. The Bertz CT molecular complexity index is 3430. The van der Waals surface area contributed by atoms with Gasteiger partial charge in [-0.05, 0) is 135 Å². The van der Waals surface area contributed by atoms with Gasteiger partial charge >= 0.3 is 28.5 Å². The molecule has 3 fully saturated rings. The molecule has 2 atom stereocenters. The third kappa shape index (κ3) is 25.8. The van der Waals surface area contributed by atoms with E-state index in [1.165, 1.54) is 0 Å². The lowest BCUT2D eigenvalue weighted by Crippen LogP contribution is -2.41. The number of aromatic nitrogens is 5. The fourth-order valence-corrected chi connectivity index (χ4v) is 15.5. The van der Waals surface area contributed by atoms with E-state index < -0.39 is 56.6 Å². The molecule has 0 aromatic carbocycles. The molecule has 564 valence electrons. The maximum absolute atomic E-state index is 14.9. The number of carbonyl (C=O) groups is 2. The first kappa shape index (κ1) is 85.1. The van der Waals surface area contributed by atoms with E-state index >= 15 is 0 Å². The SMILES string of the molecule is CC1(C)OB(c2ccc(Cl)nc2)OC1(C)C.CCOC(=O)C(F)C1CCC(C2=NC3=C(I)[C+]=NN3C(N(COCC[Si](C)(C)C)COCC[Si](C)(C)C)=C2)CC1.CCOC(=O)C(F)C1CCC(c2cc(N(COCC[Si](C)(C)C)COCC[Si](C)(C)C)n3ncc(-c4ccc(Cl)nc4)c3n2)CC1. The zero-order chi connectivity index (χ0) is 75.0. The average Bonchev–Trinajstić information content (AvgIpc) is 1.48. The van der Waals surface area contributed by atoms with Gasteiger partial charge in [0.15, 0.2) is 23.8 Å². The van der Waals surface area contributed by atoms with Crippen molar-refractivity contribution in [2.45, 2.75) is 225 Å². The van der Waals surface area contributed by atoms with Crippen LogP contribution in [0.3, 0.4) is 0 Å². The van der Waals surface area contributed by atoms with E-state index in [1.54, 1.807) is 44.6 Å². The van der Waals surface area contributed by atoms with E-state index in [2.05, 4.69) is 144 Å². The number of nitrogens with zero attached hydrogens (tertiary/aromatic N) is 10. The molecule has 0 bridgehead atoms. The summed E-state index contributed by atoms with van der Waals surface area (Å²) in [5.41, 5.74) is 4.50. The number of allylic oxidation sites excluding steroid dienone is 2. The normalized spacial score (nSPS) is 20.3. The standard InChI is InChI=1S/C33H51ClFN5O4Si2.C28H47FIN4O4Si2.C11H15BClNO2/c1-8-44-33(41)31(35)25-11-9-24(10-12-25)28-19-30(40-32(38-28)27(21-37-40)26-13-14-29(34)36-20-26)39(22-42-15-17-45(2,3)4)23-43-16-18-46(5,6)7;1-8-38-28(35)26(29)22-11-9-21(10-12-22)24-17-25(34-27(32-24)23(30)18-31-34)33(19-36-13-15-39(2,3)4)20-37-14-16-40(5,6)7;1-10(2)11(3,4)16-12(15-10)8-5-6-9(13)14-7-8/h13-14,19-21,24-25,31H,8-12,15-18,22-23H2,1-7H3;17,21-22,26H,8-16,19-20H2,1-7H3;5-7H,1-4H3/q;+1;. The van der Waals surface area contributed by atoms with Crippen LogP contribution < -0.4 is 10.4 Å². The van der Waals surface area contributed by atoms with Gasteiger partial charge in [0.05, 0.1) is 36.3 Å². The van der Waals surface area contributed by atoms with Crippen LogP contribution in [0.15, 0.2) is 80.3 Å². The van der Waals surface area contributed by atoms with Crippen molar-refractivity contribution in [3.8, 4) is 11.1 Å². The molecule has 0 spiro atoms. The van der Waals surface area contributed by atoms with Crippen LogP contribution >= 0.6 is 45.8 Å². The molecular weight excluding hydrogens is 1520 g/mol. The van der Waals surface area contributed by atoms with Gasteiger partial charge in [0.2, 0.25) is 0 Å². The zero-order valence-electron chi connectivity index (χ0n) is 63.7. The number of carbonyl (C=O) groups excluding carboxylic acids is 2. The Hall–Kier alpha value is -4.15. The van der Waals surface area contributed by atoms with Gasteiger partial charge in [-0.2, -0.15) is 9.61 Å². The second-order valence-corrected chi connectivity index (χ2v) is 57.2. The minimum Gasteiger partial charge on any atom is -0.464 e. The summed E-state index contributed by atoms with van der Waals surface area (Å²) in [5, 5.41) is 12.0. The summed E-state index contributed by atoms with van der Waals surface area (Å²) >= 11 is 14.1. The number of halogens is 5. The summed E-state index contributed by atoms with van der Waals surface area (Å²) in [6.45, 7) is 44.3. The Morgan fingerprint density at radius 1 is 0.657 bits per heavy atom. The fourth-order valence-electron chi connectivity index (χ4n) is 11.8. The van der Waals surface area contributed by atoms with E-state index in [4.69, 9.17) is 76.0 Å². The molecular formula is C72H113BCl2F2IN10O10Si4+. The van der Waals surface area contributed by atoms with Crippen LogP contribution in [0.4, 0.5) is 14.6 Å². The number of pyridine rings is 2. The number of hydrogen-bond acceptors (Lipinski definition) is 19. The lowest BCUT2D eigenvalue weighted by molar-refractivity contribution is -0.152. The highest BCUT2D eigenvalue weighted by atomic mass is 127. The summed E-state index contributed by atoms with van der Waals surface area (Å²) in [5.74, 6) is 0.551. The lowest BCUT2D eigenvalue weighted by atomic mass is 9.77. The van der Waals surface area contributed by atoms with Crippen molar-refractivity contribution < 1.29 is 56.1 Å². The van der Waals surface area contributed by atoms with Crippen molar-refractivity contribution in [2.24, 2.45) is 27.8 Å². The van der Waals surface area contributed by atoms with Crippen molar-refractivity contribution in [1.82, 2.24) is 34.5 Å². The van der Waals surface area contributed by atoms with Crippen LogP contribution in [0.1, 0.15) is 105 Å². The van der Waals surface area contributed by atoms with Gasteiger partial charge in [0, 0.05) is 157 Å². The van der Waals surface area contributed by atoms with Crippen LogP contribution in [0, 0.1) is 17.8 Å². The first-order chi connectivity index (χ1) is 47.9. The Balaban J connectivity index is 0.000000236. The lowest BCUT2D eigenvalue weighted by Gasteiger charge is -2.33. The summed E-state index contributed by atoms with van der Waals surface area (Å²) in [6.07, 6.45) is 12.6. The predicted octanol–water partition coefficient (Wildman–Crippen LogP) is 16.8. The first-order valence-electron chi connectivity index (χ1n) is 36.2. The number of fused-ring (bicyclic) bond motifs is 2. The summed E-state index contributed by atoms with van der Waals surface area (Å²) < 4.78 is 78.8. The van der Waals surface area contributed by atoms with Crippen LogP contribution in [0.25, 0.3) is 16.8 Å². The maximum atomic E-state index is 14.9. The van der Waals surface area contributed by atoms with Gasteiger partial charge < -0.3 is 47.5 Å². The number of anilines is 1. The van der Waals surface area contributed by atoms with Gasteiger partial charge in [-0.15, -0.1) is 4.99 Å². The van der Waals surface area contributed by atoms with Gasteiger partial charge in [-0.3, -0.25) is 0 Å². The van der Waals surface area contributed by atoms with E-state index in [0.29, 0.717) is 95.0 Å². The molecule has 3 aliphatic heterocycles. The summed E-state index contributed by atoms with van der Waals surface area (Å²) in [6, 6.07) is 13.7. The highest BCUT2D eigenvalue weighted by Gasteiger charge is 2.52. The molecule has 2 unspecified atom stereocenters. The smallest absolute Gasteiger partial charge is 0.464 e. The Morgan fingerprint density at radius 2 is 1.11 bits per heavy atom. The highest BCUT2D eigenvalue weighted by Crippen LogP contribution is 2.42. The summed E-state index contributed by atoms with van der Waals surface area (Å²) in [7, 11) is -5.34. The largest absolute Gasteiger partial charge is 0.496 e. The molecule has 2 aliphatic carbocycles. The van der Waals surface area contributed by atoms with E-state index in [9.17, 15) is 18.4 Å². The third-order valence-corrected chi connectivity index (χ3v) is 27.0. The van der Waals surface area contributed by atoms with Crippen molar-refractivity contribution >= 4 is 126 Å². The molecule has 20 nitrogen and oxygen atoms in total. The number of alkyl halides is 2. The molecule has 102 heavy (non-hydrogen) atoms. The number of hydrogen-bond donors (Lipinski definition) is 0. The molecule has 5 aliphatic rings. The second-order valence-electron chi connectivity index (χ2n) is 32.9. The molecule has 1 saturated heterocycles. The van der Waals surface area contributed by atoms with Crippen LogP contribution in [-0.4, -0.2) is 188 Å². The highest BCUT2D eigenvalue weighted by molar-refractivity contribution is 14.1. The van der Waals surface area contributed by atoms with Crippen molar-refractivity contribution in [2.75, 3.05) is 71.5 Å². The molecule has 9 rings (SSSR count). The molecule has 2 saturated carbocycles.